The number of hydrogen-bond acceptors (Lipinski definition) is 7. The van der Waals surface area contributed by atoms with Crippen LogP contribution in [-0.2, 0) is 20.0 Å². The molecule has 1 aromatic heterocycles. The first-order valence-corrected chi connectivity index (χ1v) is 14.2. The first-order valence-electron chi connectivity index (χ1n) is 11.3. The molecule has 2 N–H and O–H groups in total. The summed E-state index contributed by atoms with van der Waals surface area (Å²) in [5, 5.41) is 2.67. The number of amides is 1. The summed E-state index contributed by atoms with van der Waals surface area (Å²) < 4.78 is 54.2. The Hall–Kier alpha value is -3.35. The third-order valence-electron chi connectivity index (χ3n) is 5.28. The molecule has 1 amide bonds. The molecular weight excluding hydrogens is 502 g/mol. The van der Waals surface area contributed by atoms with Gasteiger partial charge in [-0.05, 0) is 74.9 Å². The Morgan fingerprint density at radius 2 is 1.44 bits per heavy atom. The molecule has 0 bridgehead atoms. The lowest BCUT2D eigenvalue weighted by Gasteiger charge is -2.17. The molecule has 12 heteroatoms. The van der Waals surface area contributed by atoms with Crippen molar-refractivity contribution in [2.24, 2.45) is 0 Å². The summed E-state index contributed by atoms with van der Waals surface area (Å²) in [6.45, 7) is 5.88. The number of unbranched alkanes of at least 4 members (excludes halogenated alkanes) is 1. The SMILES string of the molecule is CCCCN(C)S(=O)(=O)c1ccc(C(=O)Nc2ccc(S(=O)(=O)Nc3nc(C)cc(C)n3)cc2)cc1. The van der Waals surface area contributed by atoms with Crippen molar-refractivity contribution in [1.82, 2.24) is 14.3 Å². The summed E-state index contributed by atoms with van der Waals surface area (Å²) in [6, 6.07) is 13.0. The van der Waals surface area contributed by atoms with Crippen molar-refractivity contribution in [3.8, 4) is 0 Å². The highest BCUT2D eigenvalue weighted by Crippen LogP contribution is 2.19. The van der Waals surface area contributed by atoms with Crippen molar-refractivity contribution >= 4 is 37.6 Å². The normalized spacial score (nSPS) is 11.9. The molecule has 0 aliphatic heterocycles. The number of carbonyl (C=O) groups excluding carboxylic acids is 1. The second-order valence-electron chi connectivity index (χ2n) is 8.26. The molecule has 3 rings (SSSR count). The lowest BCUT2D eigenvalue weighted by molar-refractivity contribution is 0.102. The van der Waals surface area contributed by atoms with E-state index in [1.54, 1.807) is 19.9 Å². The Balaban J connectivity index is 1.68. The molecular formula is C24H29N5O5S2. The highest BCUT2D eigenvalue weighted by Gasteiger charge is 2.21. The minimum atomic E-state index is -3.92. The second-order valence-corrected chi connectivity index (χ2v) is 12.0. The number of anilines is 2. The number of carbonyl (C=O) groups is 1. The third kappa shape index (κ3) is 6.65. The Bertz CT molecular complexity index is 1420. The standard InChI is InChI=1S/C24H29N5O5S2/c1-5-6-15-29(4)36(33,34)22-11-7-19(8-12-22)23(30)27-20-9-13-21(14-10-20)35(31,32)28-24-25-17(2)16-18(3)26-24/h7-14,16H,5-6,15H2,1-4H3,(H,27,30)(H,25,26,28). The minimum Gasteiger partial charge on any atom is -0.322 e. The van der Waals surface area contributed by atoms with Crippen LogP contribution >= 0.6 is 0 Å². The maximum Gasteiger partial charge on any atom is 0.264 e. The summed E-state index contributed by atoms with van der Waals surface area (Å²) in [4.78, 5) is 20.9. The second kappa shape index (κ2) is 11.1. The fourth-order valence-electron chi connectivity index (χ4n) is 3.33. The van der Waals surface area contributed by atoms with Crippen molar-refractivity contribution in [2.45, 2.75) is 43.4 Å². The number of benzene rings is 2. The van der Waals surface area contributed by atoms with Crippen LogP contribution in [0.5, 0.6) is 0 Å². The predicted molar refractivity (Wildman–Crippen MR) is 138 cm³/mol. The van der Waals surface area contributed by atoms with Gasteiger partial charge in [0.25, 0.3) is 15.9 Å². The maximum absolute atomic E-state index is 12.7. The van der Waals surface area contributed by atoms with Gasteiger partial charge in [-0.15, -0.1) is 0 Å². The zero-order chi connectivity index (χ0) is 26.5. The Morgan fingerprint density at radius 1 is 0.889 bits per heavy atom. The van der Waals surface area contributed by atoms with E-state index in [4.69, 9.17) is 0 Å². The molecule has 0 aliphatic rings. The Morgan fingerprint density at radius 3 is 2.00 bits per heavy atom. The molecule has 1 heterocycles. The minimum absolute atomic E-state index is 0.0214. The molecule has 0 saturated carbocycles. The number of aromatic nitrogens is 2. The van der Waals surface area contributed by atoms with Crippen LogP contribution in [0.1, 0.15) is 41.5 Å². The number of rotatable bonds is 10. The van der Waals surface area contributed by atoms with E-state index in [-0.39, 0.29) is 21.3 Å². The summed E-state index contributed by atoms with van der Waals surface area (Å²) in [6.07, 6.45) is 1.63. The van der Waals surface area contributed by atoms with E-state index in [1.165, 1.54) is 59.9 Å². The lowest BCUT2D eigenvalue weighted by Crippen LogP contribution is -2.28. The van der Waals surface area contributed by atoms with Gasteiger partial charge in [-0.1, -0.05) is 13.3 Å². The topological polar surface area (TPSA) is 138 Å². The smallest absolute Gasteiger partial charge is 0.264 e. The molecule has 36 heavy (non-hydrogen) atoms. The van der Waals surface area contributed by atoms with Gasteiger partial charge >= 0.3 is 0 Å². The van der Waals surface area contributed by atoms with Gasteiger partial charge in [0.1, 0.15) is 0 Å². The third-order valence-corrected chi connectivity index (χ3v) is 8.50. The highest BCUT2D eigenvalue weighted by atomic mass is 32.2. The van der Waals surface area contributed by atoms with Crippen LogP contribution in [0.4, 0.5) is 11.6 Å². The summed E-state index contributed by atoms with van der Waals surface area (Å²) in [5.41, 5.74) is 1.90. The molecule has 10 nitrogen and oxygen atoms in total. The van der Waals surface area contributed by atoms with Gasteiger partial charge in [0.15, 0.2) is 0 Å². The number of sulfonamides is 2. The first kappa shape index (κ1) is 27.2. The molecule has 0 fully saturated rings. The van der Waals surface area contributed by atoms with E-state index in [1.807, 2.05) is 6.92 Å². The molecule has 3 aromatic rings. The van der Waals surface area contributed by atoms with E-state index in [0.29, 0.717) is 23.6 Å². The summed E-state index contributed by atoms with van der Waals surface area (Å²) in [7, 11) is -6.03. The van der Waals surface area contributed by atoms with Crippen LogP contribution in [-0.4, -0.2) is 50.6 Å². The van der Waals surface area contributed by atoms with Crippen LogP contribution in [0.2, 0.25) is 0 Å². The van der Waals surface area contributed by atoms with Gasteiger partial charge in [0.2, 0.25) is 16.0 Å². The first-order chi connectivity index (χ1) is 16.9. The zero-order valence-corrected chi connectivity index (χ0v) is 22.1. The van der Waals surface area contributed by atoms with Crippen LogP contribution in [0.25, 0.3) is 0 Å². The molecule has 0 unspecified atom stereocenters. The number of aryl methyl sites for hydroxylation is 2. The number of nitrogens with one attached hydrogen (secondary N) is 2. The zero-order valence-electron chi connectivity index (χ0n) is 20.5. The molecule has 0 radical (unpaired) electrons. The van der Waals surface area contributed by atoms with E-state index in [0.717, 1.165) is 12.8 Å². The van der Waals surface area contributed by atoms with Gasteiger partial charge in [0.05, 0.1) is 9.79 Å². The van der Waals surface area contributed by atoms with Crippen LogP contribution < -0.4 is 10.0 Å². The fraction of sp³-hybridized carbons (Fsp3) is 0.292. The highest BCUT2D eigenvalue weighted by molar-refractivity contribution is 7.92. The molecule has 0 saturated heterocycles. The van der Waals surface area contributed by atoms with Crippen molar-refractivity contribution in [3.05, 3.63) is 71.5 Å². The maximum atomic E-state index is 12.7. The van der Waals surface area contributed by atoms with Crippen molar-refractivity contribution in [1.29, 1.82) is 0 Å². The molecule has 0 aliphatic carbocycles. The predicted octanol–water partition coefficient (Wildman–Crippen LogP) is 3.57. The summed E-state index contributed by atoms with van der Waals surface area (Å²) >= 11 is 0. The van der Waals surface area contributed by atoms with E-state index in [2.05, 4.69) is 20.0 Å². The quantitative estimate of drug-likeness (QED) is 0.408. The van der Waals surface area contributed by atoms with Crippen LogP contribution in [0, 0.1) is 13.8 Å². The van der Waals surface area contributed by atoms with Gasteiger partial charge in [0, 0.05) is 36.2 Å². The number of nitrogens with zero attached hydrogens (tertiary/aromatic N) is 3. The lowest BCUT2D eigenvalue weighted by atomic mass is 10.2. The van der Waals surface area contributed by atoms with Crippen LogP contribution in [0.3, 0.4) is 0 Å². The van der Waals surface area contributed by atoms with Gasteiger partial charge in [-0.2, -0.15) is 0 Å². The summed E-state index contributed by atoms with van der Waals surface area (Å²) in [5.74, 6) is -0.484. The Labute approximate surface area is 211 Å². The van der Waals surface area contributed by atoms with E-state index in [9.17, 15) is 21.6 Å². The van der Waals surface area contributed by atoms with Gasteiger partial charge in [-0.3, -0.25) is 4.79 Å². The van der Waals surface area contributed by atoms with Crippen LogP contribution in [0.15, 0.2) is 64.4 Å². The average Bonchev–Trinajstić information content (AvgIpc) is 2.82. The average molecular weight is 532 g/mol. The van der Waals surface area contributed by atoms with E-state index < -0.39 is 26.0 Å². The fourth-order valence-corrected chi connectivity index (χ4v) is 5.48. The Kier molecular flexibility index (Phi) is 8.43. The van der Waals surface area contributed by atoms with Crippen molar-refractivity contribution in [3.63, 3.8) is 0 Å². The molecule has 0 spiro atoms. The van der Waals surface area contributed by atoms with E-state index >= 15 is 0 Å². The number of hydrogen-bond donors (Lipinski definition) is 2. The molecule has 2 aromatic carbocycles. The van der Waals surface area contributed by atoms with Crippen molar-refractivity contribution < 1.29 is 21.6 Å². The van der Waals surface area contributed by atoms with Gasteiger partial charge in [-0.25, -0.2) is 35.8 Å². The van der Waals surface area contributed by atoms with Crippen molar-refractivity contribution in [2.75, 3.05) is 23.6 Å². The van der Waals surface area contributed by atoms with Gasteiger partial charge < -0.3 is 5.32 Å². The molecule has 192 valence electrons. The monoisotopic (exact) mass is 531 g/mol. The molecule has 0 atom stereocenters. The largest absolute Gasteiger partial charge is 0.322 e.